The Morgan fingerprint density at radius 2 is 2.11 bits per heavy atom. The Kier molecular flexibility index (Phi) is 3.75. The monoisotopic (exact) mass is 282 g/mol. The molecule has 2 heterocycles. The lowest BCUT2D eigenvalue weighted by Gasteiger charge is -2.06. The third-order valence-electron chi connectivity index (χ3n) is 2.02. The van der Waals surface area contributed by atoms with Gasteiger partial charge in [-0.3, -0.25) is 15.0 Å². The summed E-state index contributed by atoms with van der Waals surface area (Å²) < 4.78 is 2.16. The molecule has 0 saturated carbocycles. The van der Waals surface area contributed by atoms with Crippen molar-refractivity contribution in [3.63, 3.8) is 0 Å². The van der Waals surface area contributed by atoms with Crippen LogP contribution in [0.3, 0.4) is 0 Å². The van der Waals surface area contributed by atoms with Gasteiger partial charge >= 0.3 is 0 Å². The molecule has 0 saturated heterocycles. The van der Waals surface area contributed by atoms with E-state index >= 15 is 0 Å². The number of aromatic nitrogens is 6. The van der Waals surface area contributed by atoms with E-state index in [0.29, 0.717) is 0 Å². The van der Waals surface area contributed by atoms with Gasteiger partial charge in [-0.1, -0.05) is 11.8 Å². The molecule has 0 spiro atoms. The quantitative estimate of drug-likeness (QED) is 0.491. The average molecular weight is 282 g/mol. The highest BCUT2D eigenvalue weighted by Gasteiger charge is 2.10. The number of nitrogens with two attached hydrogens (primary N) is 1. The minimum absolute atomic E-state index is 0.0204. The molecule has 0 bridgehead atoms. The first-order chi connectivity index (χ1) is 9.08. The van der Waals surface area contributed by atoms with Crippen LogP contribution in [0.1, 0.15) is 5.69 Å². The molecule has 0 aromatic carbocycles. The number of hydrogen-bond donors (Lipinski definition) is 2. The predicted octanol–water partition coefficient (Wildman–Crippen LogP) is -1.89. The third-order valence-corrected chi connectivity index (χ3v) is 2.97. The van der Waals surface area contributed by atoms with Gasteiger partial charge < -0.3 is 5.84 Å². The number of rotatable bonds is 4. The average Bonchev–Trinajstić information content (AvgIpc) is 2.88. The van der Waals surface area contributed by atoms with E-state index in [1.54, 1.807) is 0 Å². The zero-order valence-corrected chi connectivity index (χ0v) is 10.7. The molecule has 2 rings (SSSR count). The van der Waals surface area contributed by atoms with Crippen LogP contribution >= 0.6 is 11.8 Å². The van der Waals surface area contributed by atoms with Gasteiger partial charge in [-0.15, -0.1) is 20.4 Å². The minimum atomic E-state index is -0.447. The molecule has 2 aromatic heterocycles. The smallest absolute Gasteiger partial charge is 0.294 e. The molecule has 0 radical (unpaired) electrons. The van der Waals surface area contributed by atoms with Crippen molar-refractivity contribution >= 4 is 17.7 Å². The Morgan fingerprint density at radius 1 is 1.42 bits per heavy atom. The van der Waals surface area contributed by atoms with Gasteiger partial charge in [0, 0.05) is 0 Å². The van der Waals surface area contributed by atoms with Crippen LogP contribution in [0, 0.1) is 6.92 Å². The number of amides is 1. The van der Waals surface area contributed by atoms with E-state index in [1.807, 2.05) is 0 Å². The van der Waals surface area contributed by atoms with Crippen molar-refractivity contribution in [2.24, 2.45) is 0 Å². The van der Waals surface area contributed by atoms with Crippen LogP contribution in [-0.4, -0.2) is 41.4 Å². The van der Waals surface area contributed by atoms with E-state index in [0.717, 1.165) is 16.4 Å². The van der Waals surface area contributed by atoms with E-state index in [1.165, 1.54) is 24.3 Å². The summed E-state index contributed by atoms with van der Waals surface area (Å²) in [5, 5.41) is 14.6. The summed E-state index contributed by atoms with van der Waals surface area (Å²) in [6, 6.07) is 0. The minimum Gasteiger partial charge on any atom is -0.334 e. The van der Waals surface area contributed by atoms with Gasteiger partial charge in [-0.05, 0) is 6.92 Å². The van der Waals surface area contributed by atoms with Crippen molar-refractivity contribution < 1.29 is 4.79 Å². The topological polar surface area (TPSA) is 134 Å². The number of nitrogens with zero attached hydrogens (tertiary/aromatic N) is 6. The maximum absolute atomic E-state index is 11.6. The fourth-order valence-electron chi connectivity index (χ4n) is 1.13. The summed E-state index contributed by atoms with van der Waals surface area (Å²) in [7, 11) is 0. The van der Waals surface area contributed by atoms with E-state index < -0.39 is 5.56 Å². The molecule has 0 aliphatic carbocycles. The van der Waals surface area contributed by atoms with Crippen LogP contribution in [0.2, 0.25) is 0 Å². The molecule has 100 valence electrons. The van der Waals surface area contributed by atoms with Crippen molar-refractivity contribution in [2.75, 3.05) is 17.0 Å². The number of thioether (sulfide) groups is 1. The number of carbonyl (C=O) groups excluding carboxylic acids is 1. The first-order valence-corrected chi connectivity index (χ1v) is 6.05. The molecule has 0 aliphatic rings. The van der Waals surface area contributed by atoms with Crippen LogP contribution in [0.5, 0.6) is 0 Å². The zero-order chi connectivity index (χ0) is 13.8. The molecule has 0 fully saturated rings. The Bertz CT molecular complexity index is 637. The second-order valence-corrected chi connectivity index (χ2v) is 4.38. The first-order valence-electron chi connectivity index (χ1n) is 5.06. The summed E-state index contributed by atoms with van der Waals surface area (Å²) in [6.45, 7) is 1.51. The van der Waals surface area contributed by atoms with Crippen LogP contribution in [-0.2, 0) is 4.79 Å². The van der Waals surface area contributed by atoms with Gasteiger partial charge in [0.25, 0.3) is 5.56 Å². The van der Waals surface area contributed by atoms with Gasteiger partial charge in [0.15, 0.2) is 0 Å². The molecule has 2 aromatic rings. The van der Waals surface area contributed by atoms with Crippen molar-refractivity contribution in [3.8, 4) is 0 Å². The molecular weight excluding hydrogens is 272 g/mol. The highest BCUT2D eigenvalue weighted by molar-refractivity contribution is 7.99. The Balaban J connectivity index is 1.97. The van der Waals surface area contributed by atoms with Crippen molar-refractivity contribution in [2.45, 2.75) is 12.1 Å². The normalized spacial score (nSPS) is 10.4. The van der Waals surface area contributed by atoms with Gasteiger partial charge in [0.05, 0.1) is 5.75 Å². The van der Waals surface area contributed by atoms with Gasteiger partial charge in [0.1, 0.15) is 18.3 Å². The second kappa shape index (κ2) is 5.48. The molecular formula is C8H10N8O2S. The predicted molar refractivity (Wildman–Crippen MR) is 66.3 cm³/mol. The van der Waals surface area contributed by atoms with E-state index in [-0.39, 0.29) is 22.5 Å². The van der Waals surface area contributed by atoms with Crippen LogP contribution in [0.25, 0.3) is 0 Å². The summed E-state index contributed by atoms with van der Waals surface area (Å²) in [4.78, 5) is 23.1. The lowest BCUT2D eigenvalue weighted by Crippen LogP contribution is -2.33. The highest BCUT2D eigenvalue weighted by Crippen LogP contribution is 2.10. The molecule has 3 N–H and O–H groups in total. The maximum atomic E-state index is 11.6. The summed E-state index contributed by atoms with van der Waals surface area (Å²) >= 11 is 0.998. The summed E-state index contributed by atoms with van der Waals surface area (Å²) in [5.41, 5.74) is 2.24. The molecule has 10 nitrogen and oxygen atoms in total. The Hall–Kier alpha value is -2.43. The highest BCUT2D eigenvalue weighted by atomic mass is 32.2. The summed E-state index contributed by atoms with van der Waals surface area (Å²) in [5.74, 6) is 5.23. The van der Waals surface area contributed by atoms with Gasteiger partial charge in [-0.25, -0.2) is 4.68 Å². The maximum Gasteiger partial charge on any atom is 0.294 e. The molecule has 0 atom stereocenters. The number of nitrogens with one attached hydrogen (secondary N) is 1. The number of aryl methyl sites for hydroxylation is 1. The fourth-order valence-corrected chi connectivity index (χ4v) is 1.78. The SMILES string of the molecule is Cc1nnc(SCC(=O)Nn2cnnc2)n(N)c1=O. The van der Waals surface area contributed by atoms with Gasteiger partial charge in [-0.2, -0.15) is 4.68 Å². The lowest BCUT2D eigenvalue weighted by molar-refractivity contribution is -0.114. The summed E-state index contributed by atoms with van der Waals surface area (Å²) in [6.07, 6.45) is 2.68. The number of hydrogen-bond acceptors (Lipinski definition) is 8. The van der Waals surface area contributed by atoms with Crippen molar-refractivity contribution in [1.29, 1.82) is 0 Å². The largest absolute Gasteiger partial charge is 0.334 e. The molecule has 19 heavy (non-hydrogen) atoms. The van der Waals surface area contributed by atoms with Crippen LogP contribution in [0.15, 0.2) is 22.6 Å². The van der Waals surface area contributed by atoms with Crippen LogP contribution in [0.4, 0.5) is 0 Å². The third kappa shape index (κ3) is 3.07. The molecule has 1 amide bonds. The van der Waals surface area contributed by atoms with E-state index in [9.17, 15) is 9.59 Å². The van der Waals surface area contributed by atoms with E-state index in [2.05, 4.69) is 25.8 Å². The molecule has 0 unspecified atom stereocenters. The van der Waals surface area contributed by atoms with Crippen molar-refractivity contribution in [1.82, 2.24) is 29.7 Å². The van der Waals surface area contributed by atoms with E-state index in [4.69, 9.17) is 5.84 Å². The Labute approximate surface area is 111 Å². The number of nitrogen functional groups attached to an aromatic ring is 1. The second-order valence-electron chi connectivity index (χ2n) is 3.44. The fraction of sp³-hybridized carbons (Fsp3) is 0.250. The van der Waals surface area contributed by atoms with Crippen LogP contribution < -0.4 is 16.8 Å². The zero-order valence-electron chi connectivity index (χ0n) is 9.85. The van der Waals surface area contributed by atoms with Gasteiger partial charge in [0.2, 0.25) is 11.1 Å². The first kappa shape index (κ1) is 13.0. The number of carbonyl (C=O) groups is 1. The molecule has 0 aliphatic heterocycles. The van der Waals surface area contributed by atoms with Crippen molar-refractivity contribution in [3.05, 3.63) is 28.7 Å². The standard InChI is InChI=1S/C8H10N8O2S/c1-5-7(18)16(9)8(13-12-5)19-2-6(17)14-15-3-10-11-4-15/h3-4H,2,9H2,1H3,(H,14,17). The lowest BCUT2D eigenvalue weighted by atomic mass is 10.5. The Morgan fingerprint density at radius 3 is 2.79 bits per heavy atom. The molecule has 11 heteroatoms.